The van der Waals surface area contributed by atoms with Gasteiger partial charge in [-0.2, -0.15) is 0 Å². The van der Waals surface area contributed by atoms with E-state index in [2.05, 4.69) is 32.0 Å². The topological polar surface area (TPSA) is 43.1 Å². The van der Waals surface area contributed by atoms with Crippen LogP contribution in [0.1, 0.15) is 55.2 Å². The molecule has 2 heteroatoms. The summed E-state index contributed by atoms with van der Waals surface area (Å²) in [6, 6.07) is 6.93. The first-order chi connectivity index (χ1) is 9.92. The van der Waals surface area contributed by atoms with Crippen LogP contribution in [0.25, 0.3) is 0 Å². The van der Waals surface area contributed by atoms with Gasteiger partial charge in [0.05, 0.1) is 5.41 Å². The summed E-state index contributed by atoms with van der Waals surface area (Å²) in [5.74, 6) is 1.38. The summed E-state index contributed by atoms with van der Waals surface area (Å²) in [4.78, 5) is 12.2. The van der Waals surface area contributed by atoms with Crippen LogP contribution >= 0.6 is 0 Å². The van der Waals surface area contributed by atoms with E-state index in [1.165, 1.54) is 36.0 Å². The Morgan fingerprint density at radius 1 is 1.10 bits per heavy atom. The van der Waals surface area contributed by atoms with Crippen LogP contribution in [0.3, 0.4) is 0 Å². The van der Waals surface area contributed by atoms with Crippen molar-refractivity contribution in [1.29, 1.82) is 0 Å². The lowest BCUT2D eigenvalue weighted by Crippen LogP contribution is -2.58. The number of carbonyl (C=O) groups excluding carboxylic acids is 1. The molecule has 0 aliphatic heterocycles. The minimum atomic E-state index is -0.205. The molecule has 2 unspecified atom stereocenters. The van der Waals surface area contributed by atoms with Crippen LogP contribution in [0.4, 0.5) is 0 Å². The molecule has 2 atom stereocenters. The number of hydrogen-bond acceptors (Lipinski definition) is 1. The van der Waals surface area contributed by atoms with Gasteiger partial charge in [0.25, 0.3) is 0 Å². The van der Waals surface area contributed by atoms with E-state index >= 15 is 0 Å². The van der Waals surface area contributed by atoms with E-state index in [0.717, 1.165) is 19.3 Å². The van der Waals surface area contributed by atoms with Crippen molar-refractivity contribution in [3.8, 4) is 0 Å². The molecule has 5 rings (SSSR count). The molecule has 4 fully saturated rings. The van der Waals surface area contributed by atoms with Gasteiger partial charge < -0.3 is 5.73 Å². The molecule has 112 valence electrons. The first-order valence-electron chi connectivity index (χ1n) is 8.30. The third-order valence-corrected chi connectivity index (χ3v) is 6.70. The van der Waals surface area contributed by atoms with Gasteiger partial charge in [-0.15, -0.1) is 0 Å². The Kier molecular flexibility index (Phi) is 2.62. The lowest BCUT2D eigenvalue weighted by Gasteiger charge is -2.61. The second-order valence-electron chi connectivity index (χ2n) is 8.18. The van der Waals surface area contributed by atoms with Crippen LogP contribution in [-0.2, 0) is 10.2 Å². The van der Waals surface area contributed by atoms with Crippen molar-refractivity contribution < 1.29 is 4.79 Å². The van der Waals surface area contributed by atoms with E-state index in [9.17, 15) is 4.79 Å². The highest BCUT2D eigenvalue weighted by molar-refractivity contribution is 5.81. The summed E-state index contributed by atoms with van der Waals surface area (Å²) in [6.07, 6.45) is 6.94. The van der Waals surface area contributed by atoms with Crippen molar-refractivity contribution >= 4 is 5.91 Å². The van der Waals surface area contributed by atoms with E-state index < -0.39 is 0 Å². The number of carbonyl (C=O) groups is 1. The molecule has 1 amide bonds. The second kappa shape index (κ2) is 4.12. The Morgan fingerprint density at radius 2 is 1.76 bits per heavy atom. The van der Waals surface area contributed by atoms with Gasteiger partial charge in [0.2, 0.25) is 5.91 Å². The molecule has 0 heterocycles. The molecular weight excluding hydrogens is 258 g/mol. The first-order valence-corrected chi connectivity index (χ1v) is 8.30. The Hall–Kier alpha value is -1.31. The maximum absolute atomic E-state index is 12.2. The number of primary amides is 1. The monoisotopic (exact) mass is 283 g/mol. The van der Waals surface area contributed by atoms with Gasteiger partial charge in [-0.05, 0) is 86.3 Å². The average molecular weight is 283 g/mol. The van der Waals surface area contributed by atoms with Gasteiger partial charge in [0, 0.05) is 0 Å². The van der Waals surface area contributed by atoms with Crippen LogP contribution in [0.2, 0.25) is 0 Å². The summed E-state index contributed by atoms with van der Waals surface area (Å²) in [5.41, 5.74) is 10.0. The molecule has 0 aromatic heterocycles. The highest BCUT2D eigenvalue weighted by atomic mass is 16.1. The number of hydrogen-bond donors (Lipinski definition) is 1. The average Bonchev–Trinajstić information content (AvgIpc) is 2.40. The fourth-order valence-corrected chi connectivity index (χ4v) is 5.96. The Balaban J connectivity index is 1.80. The summed E-state index contributed by atoms with van der Waals surface area (Å²) < 4.78 is 0. The third kappa shape index (κ3) is 1.81. The van der Waals surface area contributed by atoms with Gasteiger partial charge >= 0.3 is 0 Å². The van der Waals surface area contributed by atoms with Gasteiger partial charge in [-0.25, -0.2) is 0 Å². The van der Waals surface area contributed by atoms with Crippen LogP contribution in [0.5, 0.6) is 0 Å². The SMILES string of the molecule is Cc1ccc(C23CC4CC(CC(C(N)=O)(C4)C2)C3)cc1C. The Morgan fingerprint density at radius 3 is 2.33 bits per heavy atom. The lowest BCUT2D eigenvalue weighted by molar-refractivity contribution is -0.145. The maximum atomic E-state index is 12.2. The van der Waals surface area contributed by atoms with E-state index in [-0.39, 0.29) is 16.7 Å². The molecule has 4 bridgehead atoms. The Labute approximate surface area is 127 Å². The quantitative estimate of drug-likeness (QED) is 0.885. The standard InChI is InChI=1S/C19H25NO/c1-12-3-4-16(5-13(12)2)18-7-14-6-15(8-18)10-19(9-14,11-18)17(20)21/h3-5,14-15H,6-11H2,1-2H3,(H2,20,21). The molecule has 4 saturated carbocycles. The minimum absolute atomic E-state index is 0.0372. The maximum Gasteiger partial charge on any atom is 0.223 e. The van der Waals surface area contributed by atoms with Crippen molar-refractivity contribution in [2.45, 2.75) is 57.8 Å². The molecule has 4 aliphatic carbocycles. The summed E-state index contributed by atoms with van der Waals surface area (Å²) in [7, 11) is 0. The molecule has 0 spiro atoms. The fourth-order valence-electron chi connectivity index (χ4n) is 5.96. The van der Waals surface area contributed by atoms with Gasteiger partial charge in [0.15, 0.2) is 0 Å². The van der Waals surface area contributed by atoms with Gasteiger partial charge in [-0.3, -0.25) is 4.79 Å². The van der Waals surface area contributed by atoms with Crippen molar-refractivity contribution in [3.63, 3.8) is 0 Å². The van der Waals surface area contributed by atoms with E-state index in [1.54, 1.807) is 0 Å². The normalized spacial score (nSPS) is 40.5. The van der Waals surface area contributed by atoms with E-state index in [1.807, 2.05) is 0 Å². The van der Waals surface area contributed by atoms with E-state index in [4.69, 9.17) is 5.73 Å². The minimum Gasteiger partial charge on any atom is -0.369 e. The zero-order valence-corrected chi connectivity index (χ0v) is 13.1. The highest BCUT2D eigenvalue weighted by Crippen LogP contribution is 2.65. The second-order valence-corrected chi connectivity index (χ2v) is 8.18. The van der Waals surface area contributed by atoms with Crippen LogP contribution in [-0.4, -0.2) is 5.91 Å². The first kappa shape index (κ1) is 13.4. The van der Waals surface area contributed by atoms with Gasteiger partial charge in [-0.1, -0.05) is 18.2 Å². The number of nitrogens with two attached hydrogens (primary N) is 1. The molecule has 2 nitrogen and oxygen atoms in total. The molecule has 21 heavy (non-hydrogen) atoms. The van der Waals surface area contributed by atoms with Crippen molar-refractivity contribution in [1.82, 2.24) is 0 Å². The molecule has 0 radical (unpaired) electrons. The Bertz CT molecular complexity index is 604. The summed E-state index contributed by atoms with van der Waals surface area (Å²) >= 11 is 0. The smallest absolute Gasteiger partial charge is 0.223 e. The molecule has 2 N–H and O–H groups in total. The third-order valence-electron chi connectivity index (χ3n) is 6.70. The van der Waals surface area contributed by atoms with Crippen LogP contribution in [0.15, 0.2) is 18.2 Å². The predicted molar refractivity (Wildman–Crippen MR) is 83.9 cm³/mol. The zero-order chi connectivity index (χ0) is 14.8. The van der Waals surface area contributed by atoms with Gasteiger partial charge in [0.1, 0.15) is 0 Å². The summed E-state index contributed by atoms with van der Waals surface area (Å²) in [5, 5.41) is 0. The number of rotatable bonds is 2. The molecule has 1 aromatic carbocycles. The van der Waals surface area contributed by atoms with Crippen LogP contribution in [0, 0.1) is 31.1 Å². The zero-order valence-electron chi connectivity index (χ0n) is 13.1. The van der Waals surface area contributed by atoms with E-state index in [0.29, 0.717) is 11.8 Å². The van der Waals surface area contributed by atoms with Crippen molar-refractivity contribution in [2.24, 2.45) is 23.0 Å². The highest BCUT2D eigenvalue weighted by Gasteiger charge is 2.60. The molecule has 1 aromatic rings. The van der Waals surface area contributed by atoms with Crippen molar-refractivity contribution in [3.05, 3.63) is 34.9 Å². The van der Waals surface area contributed by atoms with Crippen LogP contribution < -0.4 is 5.73 Å². The lowest BCUT2D eigenvalue weighted by atomic mass is 9.42. The number of amides is 1. The van der Waals surface area contributed by atoms with Crippen molar-refractivity contribution in [2.75, 3.05) is 0 Å². The summed E-state index contributed by atoms with van der Waals surface area (Å²) in [6.45, 7) is 4.37. The molecule has 4 aliphatic rings. The molecular formula is C19H25NO. The fraction of sp³-hybridized carbons (Fsp3) is 0.632. The predicted octanol–water partition coefficient (Wildman–Crippen LogP) is 3.63. The largest absolute Gasteiger partial charge is 0.369 e. The molecule has 0 saturated heterocycles. The number of benzene rings is 1. The number of aryl methyl sites for hydroxylation is 2.